The third kappa shape index (κ3) is 1.11. The fourth-order valence-electron chi connectivity index (χ4n) is 2.77. The summed E-state index contributed by atoms with van der Waals surface area (Å²) in [6.45, 7) is 2.15. The molecule has 2 bridgehead atoms. The molecular weight excluding hydrogens is 136 g/mol. The molecule has 11 heavy (non-hydrogen) atoms. The molecule has 0 saturated heterocycles. The standard InChI is InChI=1S/C10H16O/c1-2-8-5-7-3-4-9(6-7)10(8)11/h7-9H,2-6H2,1H3. The van der Waals surface area contributed by atoms with Gasteiger partial charge in [0.15, 0.2) is 0 Å². The molecule has 0 aromatic rings. The Morgan fingerprint density at radius 1 is 1.36 bits per heavy atom. The Hall–Kier alpha value is -0.330. The van der Waals surface area contributed by atoms with Crippen LogP contribution < -0.4 is 0 Å². The van der Waals surface area contributed by atoms with Crippen molar-refractivity contribution in [2.24, 2.45) is 17.8 Å². The van der Waals surface area contributed by atoms with E-state index in [4.69, 9.17) is 0 Å². The zero-order valence-electron chi connectivity index (χ0n) is 7.18. The van der Waals surface area contributed by atoms with Crippen molar-refractivity contribution in [3.05, 3.63) is 0 Å². The van der Waals surface area contributed by atoms with E-state index in [1.807, 2.05) is 0 Å². The van der Waals surface area contributed by atoms with Crippen molar-refractivity contribution in [1.82, 2.24) is 0 Å². The maximum absolute atomic E-state index is 11.6. The molecule has 1 nitrogen and oxygen atoms in total. The minimum atomic E-state index is 0.432. The second-order valence-electron chi connectivity index (χ2n) is 4.12. The molecule has 0 aliphatic heterocycles. The average Bonchev–Trinajstić information content (AvgIpc) is 2.42. The Kier molecular flexibility index (Phi) is 1.74. The largest absolute Gasteiger partial charge is 0.299 e. The number of carbonyl (C=O) groups is 1. The SMILES string of the molecule is CCC1CC2CCC(C2)C1=O. The molecule has 0 aromatic heterocycles. The molecule has 0 aromatic carbocycles. The fraction of sp³-hybridized carbons (Fsp3) is 0.900. The molecule has 3 atom stereocenters. The van der Waals surface area contributed by atoms with Crippen molar-refractivity contribution in [3.63, 3.8) is 0 Å². The second-order valence-corrected chi connectivity index (χ2v) is 4.12. The molecule has 0 spiro atoms. The van der Waals surface area contributed by atoms with E-state index in [0.29, 0.717) is 17.6 Å². The van der Waals surface area contributed by atoms with Gasteiger partial charge in [-0.25, -0.2) is 0 Å². The van der Waals surface area contributed by atoms with Crippen LogP contribution in [0.25, 0.3) is 0 Å². The van der Waals surface area contributed by atoms with E-state index in [1.54, 1.807) is 0 Å². The molecule has 2 rings (SSSR count). The van der Waals surface area contributed by atoms with Crippen LogP contribution in [0.1, 0.15) is 39.0 Å². The Morgan fingerprint density at radius 2 is 2.18 bits per heavy atom. The Balaban J connectivity index is 2.12. The summed E-state index contributed by atoms with van der Waals surface area (Å²) < 4.78 is 0. The Labute approximate surface area is 68.2 Å². The van der Waals surface area contributed by atoms with Gasteiger partial charge in [-0.05, 0) is 38.0 Å². The van der Waals surface area contributed by atoms with Gasteiger partial charge in [0.05, 0.1) is 0 Å². The molecule has 0 amide bonds. The fourth-order valence-corrected chi connectivity index (χ4v) is 2.77. The number of Topliss-reactive ketones (excluding diaryl/α,β-unsaturated/α-hetero) is 1. The molecule has 2 saturated carbocycles. The van der Waals surface area contributed by atoms with Crippen molar-refractivity contribution in [1.29, 1.82) is 0 Å². The number of fused-ring (bicyclic) bond motifs is 2. The van der Waals surface area contributed by atoms with Crippen molar-refractivity contribution >= 4 is 5.78 Å². The molecule has 2 aliphatic rings. The zero-order valence-corrected chi connectivity index (χ0v) is 7.18. The monoisotopic (exact) mass is 152 g/mol. The summed E-state index contributed by atoms with van der Waals surface area (Å²) in [7, 11) is 0. The van der Waals surface area contributed by atoms with E-state index in [-0.39, 0.29) is 0 Å². The average molecular weight is 152 g/mol. The van der Waals surface area contributed by atoms with Gasteiger partial charge in [0.2, 0.25) is 0 Å². The van der Waals surface area contributed by atoms with E-state index in [0.717, 1.165) is 12.3 Å². The first-order valence-corrected chi connectivity index (χ1v) is 4.85. The molecule has 1 heteroatoms. The number of rotatable bonds is 1. The van der Waals surface area contributed by atoms with Crippen molar-refractivity contribution in [2.75, 3.05) is 0 Å². The highest BCUT2D eigenvalue weighted by molar-refractivity contribution is 5.84. The maximum atomic E-state index is 11.6. The van der Waals surface area contributed by atoms with Gasteiger partial charge in [0.1, 0.15) is 5.78 Å². The first-order valence-electron chi connectivity index (χ1n) is 4.85. The lowest BCUT2D eigenvalue weighted by Crippen LogP contribution is -2.27. The third-order valence-corrected chi connectivity index (χ3v) is 3.46. The smallest absolute Gasteiger partial charge is 0.139 e. The predicted molar refractivity (Wildman–Crippen MR) is 44.2 cm³/mol. The van der Waals surface area contributed by atoms with Crippen LogP contribution in [-0.4, -0.2) is 5.78 Å². The summed E-state index contributed by atoms with van der Waals surface area (Å²) in [5.41, 5.74) is 0. The van der Waals surface area contributed by atoms with Gasteiger partial charge < -0.3 is 0 Å². The van der Waals surface area contributed by atoms with E-state index in [2.05, 4.69) is 6.92 Å². The molecule has 0 N–H and O–H groups in total. The maximum Gasteiger partial charge on any atom is 0.139 e. The lowest BCUT2D eigenvalue weighted by atomic mass is 9.79. The summed E-state index contributed by atoms with van der Waals surface area (Å²) in [6, 6.07) is 0. The van der Waals surface area contributed by atoms with Crippen LogP contribution in [-0.2, 0) is 4.79 Å². The van der Waals surface area contributed by atoms with Crippen molar-refractivity contribution < 1.29 is 4.79 Å². The Bertz CT molecular complexity index is 174. The lowest BCUT2D eigenvalue weighted by Gasteiger charge is -2.25. The molecular formula is C10H16O. The van der Waals surface area contributed by atoms with Crippen LogP contribution in [0.2, 0.25) is 0 Å². The number of carbonyl (C=O) groups excluding carboxylic acids is 1. The first kappa shape index (κ1) is 7.33. The molecule has 2 fully saturated rings. The van der Waals surface area contributed by atoms with Gasteiger partial charge in [0.25, 0.3) is 0 Å². The van der Waals surface area contributed by atoms with Gasteiger partial charge in [-0.1, -0.05) is 6.92 Å². The van der Waals surface area contributed by atoms with Crippen molar-refractivity contribution in [3.8, 4) is 0 Å². The summed E-state index contributed by atoms with van der Waals surface area (Å²) in [6.07, 6.45) is 6.01. The van der Waals surface area contributed by atoms with Gasteiger partial charge in [-0.3, -0.25) is 4.79 Å². The molecule has 3 unspecified atom stereocenters. The van der Waals surface area contributed by atoms with E-state index in [9.17, 15) is 4.79 Å². The topological polar surface area (TPSA) is 17.1 Å². The van der Waals surface area contributed by atoms with Crippen LogP contribution in [0.15, 0.2) is 0 Å². The number of hydrogen-bond acceptors (Lipinski definition) is 1. The number of ketones is 1. The van der Waals surface area contributed by atoms with E-state index in [1.165, 1.54) is 25.7 Å². The molecule has 2 aliphatic carbocycles. The van der Waals surface area contributed by atoms with Crippen molar-refractivity contribution in [2.45, 2.75) is 39.0 Å². The van der Waals surface area contributed by atoms with Gasteiger partial charge in [-0.15, -0.1) is 0 Å². The first-order chi connectivity index (χ1) is 5.31. The van der Waals surface area contributed by atoms with E-state index < -0.39 is 0 Å². The quantitative estimate of drug-likeness (QED) is 0.564. The predicted octanol–water partition coefficient (Wildman–Crippen LogP) is 2.40. The summed E-state index contributed by atoms with van der Waals surface area (Å²) in [4.78, 5) is 11.6. The summed E-state index contributed by atoms with van der Waals surface area (Å²) >= 11 is 0. The van der Waals surface area contributed by atoms with Crippen LogP contribution in [0.3, 0.4) is 0 Å². The highest BCUT2D eigenvalue weighted by Gasteiger charge is 2.39. The Morgan fingerprint density at radius 3 is 2.91 bits per heavy atom. The van der Waals surface area contributed by atoms with E-state index >= 15 is 0 Å². The molecule has 0 radical (unpaired) electrons. The van der Waals surface area contributed by atoms with Crippen LogP contribution in [0.5, 0.6) is 0 Å². The highest BCUT2D eigenvalue weighted by Crippen LogP contribution is 2.43. The van der Waals surface area contributed by atoms with Crippen LogP contribution in [0, 0.1) is 17.8 Å². The summed E-state index contributed by atoms with van der Waals surface area (Å²) in [5.74, 6) is 2.39. The number of hydrogen-bond donors (Lipinski definition) is 0. The zero-order chi connectivity index (χ0) is 7.84. The third-order valence-electron chi connectivity index (χ3n) is 3.46. The minimum Gasteiger partial charge on any atom is -0.299 e. The lowest BCUT2D eigenvalue weighted by molar-refractivity contribution is -0.128. The van der Waals surface area contributed by atoms with Crippen LogP contribution >= 0.6 is 0 Å². The van der Waals surface area contributed by atoms with Crippen LogP contribution in [0.4, 0.5) is 0 Å². The summed E-state index contributed by atoms with van der Waals surface area (Å²) in [5, 5.41) is 0. The van der Waals surface area contributed by atoms with Gasteiger partial charge in [0, 0.05) is 11.8 Å². The van der Waals surface area contributed by atoms with Gasteiger partial charge >= 0.3 is 0 Å². The normalized spacial score (nSPS) is 43.0. The molecule has 62 valence electrons. The highest BCUT2D eigenvalue weighted by atomic mass is 16.1. The van der Waals surface area contributed by atoms with Gasteiger partial charge in [-0.2, -0.15) is 0 Å². The molecule has 0 heterocycles. The second kappa shape index (κ2) is 2.62. The minimum absolute atomic E-state index is 0.432.